The van der Waals surface area contributed by atoms with E-state index in [-0.39, 0.29) is 17.9 Å². The predicted octanol–water partition coefficient (Wildman–Crippen LogP) is 4.86. The van der Waals surface area contributed by atoms with Crippen LogP contribution < -0.4 is 4.74 Å². The van der Waals surface area contributed by atoms with E-state index in [2.05, 4.69) is 0 Å². The third-order valence-corrected chi connectivity index (χ3v) is 7.02. The van der Waals surface area contributed by atoms with Gasteiger partial charge in [0.2, 0.25) is 0 Å². The molecular weight excluding hydrogens is 412 g/mol. The summed E-state index contributed by atoms with van der Waals surface area (Å²) in [4.78, 5) is 12.5. The number of sulfone groups is 1. The van der Waals surface area contributed by atoms with Gasteiger partial charge in [-0.05, 0) is 68.1 Å². The van der Waals surface area contributed by atoms with Crippen molar-refractivity contribution in [1.29, 1.82) is 0 Å². The molecule has 2 aromatic rings. The number of methoxy groups -OCH3 is 1. The van der Waals surface area contributed by atoms with Gasteiger partial charge in [-0.1, -0.05) is 36.6 Å². The lowest BCUT2D eigenvalue weighted by Gasteiger charge is -2.16. The number of carbonyl (C=O) groups excluding carboxylic acids is 1. The summed E-state index contributed by atoms with van der Waals surface area (Å²) in [7, 11) is -2.33. The molecule has 1 unspecified atom stereocenters. The van der Waals surface area contributed by atoms with Crippen molar-refractivity contribution in [3.05, 3.63) is 59.1 Å². The van der Waals surface area contributed by atoms with E-state index in [1.807, 2.05) is 24.3 Å². The number of aryl methyl sites for hydroxylation is 1. The van der Waals surface area contributed by atoms with Crippen LogP contribution in [0.2, 0.25) is 5.02 Å². The molecule has 158 valence electrons. The third-order valence-electron chi connectivity index (χ3n) is 4.66. The van der Waals surface area contributed by atoms with E-state index in [1.165, 1.54) is 24.8 Å². The van der Waals surface area contributed by atoms with Gasteiger partial charge in [-0.25, -0.2) is 8.42 Å². The number of halogens is 1. The Bertz CT molecular complexity index is 876. The van der Waals surface area contributed by atoms with Crippen molar-refractivity contribution in [2.45, 2.75) is 49.2 Å². The van der Waals surface area contributed by atoms with Crippen LogP contribution in [0, 0.1) is 0 Å². The molecule has 0 saturated heterocycles. The zero-order chi connectivity index (χ0) is 21.3. The Balaban J connectivity index is 1.99. The fraction of sp³-hybridized carbons (Fsp3) is 0.409. The number of benzene rings is 2. The molecule has 7 heteroatoms. The molecule has 0 N–H and O–H groups in total. The van der Waals surface area contributed by atoms with Gasteiger partial charge >= 0.3 is 5.97 Å². The molecule has 2 aromatic carbocycles. The summed E-state index contributed by atoms with van der Waals surface area (Å²) in [6.45, 7) is 1.81. The van der Waals surface area contributed by atoms with Crippen molar-refractivity contribution in [3.63, 3.8) is 0 Å². The summed E-state index contributed by atoms with van der Waals surface area (Å²) >= 11 is 5.89. The highest BCUT2D eigenvalue weighted by molar-refractivity contribution is 7.92. The molecule has 5 nitrogen and oxygen atoms in total. The molecule has 0 heterocycles. The lowest BCUT2D eigenvalue weighted by Crippen LogP contribution is -2.32. The number of esters is 1. The summed E-state index contributed by atoms with van der Waals surface area (Å²) < 4.78 is 36.1. The van der Waals surface area contributed by atoms with Gasteiger partial charge in [0.15, 0.2) is 15.1 Å². The number of carbonyl (C=O) groups is 1. The van der Waals surface area contributed by atoms with Crippen LogP contribution in [0.25, 0.3) is 0 Å². The molecule has 0 aliphatic carbocycles. The summed E-state index contributed by atoms with van der Waals surface area (Å²) in [5.41, 5.74) is 1.18. The predicted molar refractivity (Wildman–Crippen MR) is 114 cm³/mol. The van der Waals surface area contributed by atoms with Crippen LogP contribution in [0.1, 0.15) is 38.2 Å². The highest BCUT2D eigenvalue weighted by atomic mass is 35.5. The second-order valence-electron chi connectivity index (χ2n) is 6.69. The second kappa shape index (κ2) is 11.2. The van der Waals surface area contributed by atoms with E-state index in [4.69, 9.17) is 21.1 Å². The second-order valence-corrected chi connectivity index (χ2v) is 9.25. The first kappa shape index (κ1) is 23.2. The summed E-state index contributed by atoms with van der Waals surface area (Å²) in [5.74, 6) is -0.139. The van der Waals surface area contributed by atoms with Crippen molar-refractivity contribution in [2.24, 2.45) is 0 Å². The smallest absolute Gasteiger partial charge is 0.324 e. The Morgan fingerprint density at radius 1 is 1.00 bits per heavy atom. The van der Waals surface area contributed by atoms with Gasteiger partial charge in [0, 0.05) is 5.02 Å². The average Bonchev–Trinajstić information content (AvgIpc) is 2.72. The van der Waals surface area contributed by atoms with E-state index in [0.29, 0.717) is 17.2 Å². The van der Waals surface area contributed by atoms with Crippen molar-refractivity contribution in [1.82, 2.24) is 0 Å². The van der Waals surface area contributed by atoms with Gasteiger partial charge in [-0.2, -0.15) is 0 Å². The number of hydrogen-bond donors (Lipinski definition) is 0. The molecule has 0 aliphatic rings. The van der Waals surface area contributed by atoms with E-state index < -0.39 is 21.1 Å². The van der Waals surface area contributed by atoms with Crippen LogP contribution >= 0.6 is 11.6 Å². The van der Waals surface area contributed by atoms with E-state index in [9.17, 15) is 13.2 Å². The van der Waals surface area contributed by atoms with Crippen molar-refractivity contribution in [2.75, 3.05) is 13.7 Å². The van der Waals surface area contributed by atoms with E-state index >= 15 is 0 Å². The Morgan fingerprint density at radius 2 is 1.66 bits per heavy atom. The largest absolute Gasteiger partial charge is 0.497 e. The van der Waals surface area contributed by atoms with Crippen LogP contribution in [0.4, 0.5) is 0 Å². The van der Waals surface area contributed by atoms with E-state index in [0.717, 1.165) is 19.3 Å². The zero-order valence-electron chi connectivity index (χ0n) is 16.8. The first-order valence-electron chi connectivity index (χ1n) is 9.67. The van der Waals surface area contributed by atoms with Crippen molar-refractivity contribution < 1.29 is 22.7 Å². The van der Waals surface area contributed by atoms with Crippen molar-refractivity contribution >= 4 is 27.4 Å². The maximum atomic E-state index is 13.0. The fourth-order valence-corrected chi connectivity index (χ4v) is 4.82. The maximum Gasteiger partial charge on any atom is 0.324 e. The Morgan fingerprint density at radius 3 is 2.24 bits per heavy atom. The minimum Gasteiger partial charge on any atom is -0.497 e. The van der Waals surface area contributed by atoms with Crippen molar-refractivity contribution in [3.8, 4) is 5.75 Å². The minimum atomic E-state index is -3.84. The molecule has 0 aliphatic heterocycles. The fourth-order valence-electron chi connectivity index (χ4n) is 3.05. The molecule has 1 atom stereocenters. The van der Waals surface area contributed by atoms with Crippen LogP contribution in [-0.4, -0.2) is 33.4 Å². The first-order chi connectivity index (χ1) is 13.9. The van der Waals surface area contributed by atoms with Crippen LogP contribution in [0.5, 0.6) is 5.75 Å². The quantitative estimate of drug-likeness (QED) is 0.370. The molecule has 0 aromatic heterocycles. The highest BCUT2D eigenvalue weighted by Gasteiger charge is 2.34. The molecular formula is C22H27ClO5S. The summed E-state index contributed by atoms with van der Waals surface area (Å²) in [6, 6.07) is 13.7. The molecule has 0 bridgehead atoms. The van der Waals surface area contributed by atoms with Gasteiger partial charge in [-0.15, -0.1) is 0 Å². The topological polar surface area (TPSA) is 69.7 Å². The van der Waals surface area contributed by atoms with Gasteiger partial charge < -0.3 is 9.47 Å². The van der Waals surface area contributed by atoms with Crippen LogP contribution in [0.15, 0.2) is 53.4 Å². The maximum absolute atomic E-state index is 13.0. The number of unbranched alkanes of at least 4 members (excludes halogenated alkanes) is 2. The SMILES string of the molecule is CCOC(=O)C(CCCCCc1ccc(Cl)cc1)S(=O)(=O)c1ccc(OC)cc1. The van der Waals surface area contributed by atoms with Gasteiger partial charge in [-0.3, -0.25) is 4.79 Å². The molecule has 29 heavy (non-hydrogen) atoms. The van der Waals surface area contributed by atoms with Crippen LogP contribution in [0.3, 0.4) is 0 Å². The number of ether oxygens (including phenoxy) is 2. The Hall–Kier alpha value is -2.05. The standard InChI is InChI=1S/C22H27ClO5S/c1-3-28-22(24)21(29(25,26)20-15-13-19(27-2)14-16-20)8-6-4-5-7-17-9-11-18(23)12-10-17/h9-16,21H,3-8H2,1-2H3. The minimum absolute atomic E-state index is 0.0949. The Labute approximate surface area is 177 Å². The third kappa shape index (κ3) is 6.75. The average molecular weight is 439 g/mol. The number of rotatable bonds is 11. The Kier molecular flexibility index (Phi) is 8.99. The molecule has 0 radical (unpaired) electrons. The monoisotopic (exact) mass is 438 g/mol. The van der Waals surface area contributed by atoms with Gasteiger partial charge in [0.25, 0.3) is 0 Å². The summed E-state index contributed by atoms with van der Waals surface area (Å²) in [5, 5.41) is -0.499. The lowest BCUT2D eigenvalue weighted by molar-refractivity contribution is -0.142. The summed E-state index contributed by atoms with van der Waals surface area (Å²) in [6.07, 6.45) is 3.45. The highest BCUT2D eigenvalue weighted by Crippen LogP contribution is 2.24. The van der Waals surface area contributed by atoms with Gasteiger partial charge in [0.1, 0.15) is 5.75 Å². The molecule has 0 spiro atoms. The molecule has 2 rings (SSSR count). The number of hydrogen-bond acceptors (Lipinski definition) is 5. The van der Waals surface area contributed by atoms with E-state index in [1.54, 1.807) is 19.1 Å². The first-order valence-corrected chi connectivity index (χ1v) is 11.6. The molecule has 0 amide bonds. The van der Waals surface area contributed by atoms with Crippen LogP contribution in [-0.2, 0) is 25.8 Å². The normalized spacial score (nSPS) is 12.4. The lowest BCUT2D eigenvalue weighted by atomic mass is 10.1. The molecule has 0 saturated carbocycles. The van der Waals surface area contributed by atoms with Gasteiger partial charge in [0.05, 0.1) is 18.6 Å². The zero-order valence-corrected chi connectivity index (χ0v) is 18.3. The molecule has 0 fully saturated rings.